The highest BCUT2D eigenvalue weighted by molar-refractivity contribution is 5.10. The molecule has 1 saturated carbocycles. The number of nitriles is 1. The number of ether oxygens (including phenoxy) is 1. The molecule has 1 aliphatic carbocycles. The van der Waals surface area contributed by atoms with E-state index in [2.05, 4.69) is 18.3 Å². The largest absolute Gasteiger partial charge is 0.378 e. The molecular formula is C12H22N2O. The van der Waals surface area contributed by atoms with Gasteiger partial charge in [0.2, 0.25) is 0 Å². The van der Waals surface area contributed by atoms with Gasteiger partial charge in [0.15, 0.2) is 0 Å². The average molecular weight is 210 g/mol. The summed E-state index contributed by atoms with van der Waals surface area (Å²) in [5, 5.41) is 12.7. The predicted octanol–water partition coefficient (Wildman–Crippen LogP) is 2.23. The molecule has 0 amide bonds. The van der Waals surface area contributed by atoms with Gasteiger partial charge in [-0.2, -0.15) is 5.26 Å². The Kier molecular flexibility index (Phi) is 5.07. The van der Waals surface area contributed by atoms with Crippen LogP contribution in [0.4, 0.5) is 0 Å². The zero-order chi connectivity index (χ0) is 11.1. The summed E-state index contributed by atoms with van der Waals surface area (Å²) in [6.45, 7) is 5.81. The summed E-state index contributed by atoms with van der Waals surface area (Å²) in [4.78, 5) is 0. The normalized spacial score (nSPS) is 31.1. The van der Waals surface area contributed by atoms with Crippen LogP contribution in [0, 0.1) is 11.3 Å². The van der Waals surface area contributed by atoms with Crippen LogP contribution in [-0.4, -0.2) is 24.8 Å². The molecular weight excluding hydrogens is 188 g/mol. The van der Waals surface area contributed by atoms with E-state index in [0.29, 0.717) is 0 Å². The molecule has 0 aromatic heterocycles. The zero-order valence-electron chi connectivity index (χ0n) is 9.88. The third-order valence-corrected chi connectivity index (χ3v) is 3.04. The lowest BCUT2D eigenvalue weighted by molar-refractivity contribution is 0.0162. The second kappa shape index (κ2) is 6.09. The number of nitrogens with zero attached hydrogens (tertiary/aromatic N) is 1. The van der Waals surface area contributed by atoms with Crippen molar-refractivity contribution in [1.82, 2.24) is 5.32 Å². The van der Waals surface area contributed by atoms with E-state index in [-0.39, 0.29) is 11.6 Å². The summed E-state index contributed by atoms with van der Waals surface area (Å²) in [7, 11) is 0. The molecule has 0 aliphatic heterocycles. The van der Waals surface area contributed by atoms with Gasteiger partial charge in [-0.05, 0) is 39.2 Å². The number of hydrogen-bond donors (Lipinski definition) is 1. The molecule has 1 rings (SSSR count). The fourth-order valence-corrected chi connectivity index (χ4v) is 2.27. The molecule has 0 spiro atoms. The Hall–Kier alpha value is -0.590. The van der Waals surface area contributed by atoms with E-state index in [1.807, 2.05) is 6.92 Å². The maximum absolute atomic E-state index is 9.29. The Morgan fingerprint density at radius 1 is 1.53 bits per heavy atom. The van der Waals surface area contributed by atoms with Gasteiger partial charge in [-0.25, -0.2) is 0 Å². The molecule has 1 aliphatic rings. The Balaban J connectivity index is 2.52. The summed E-state index contributed by atoms with van der Waals surface area (Å²) in [6.07, 6.45) is 5.35. The Labute approximate surface area is 92.8 Å². The van der Waals surface area contributed by atoms with Gasteiger partial charge >= 0.3 is 0 Å². The van der Waals surface area contributed by atoms with Gasteiger partial charge in [-0.15, -0.1) is 0 Å². The van der Waals surface area contributed by atoms with Gasteiger partial charge < -0.3 is 4.74 Å². The Morgan fingerprint density at radius 2 is 2.33 bits per heavy atom. The quantitative estimate of drug-likeness (QED) is 0.756. The standard InChI is InChI=1S/C12H22N2O/c1-3-8-14-12(10-13)7-5-6-11(9-12)15-4-2/h11,14H,3-9H2,1-2H3. The smallest absolute Gasteiger partial charge is 0.109 e. The second-order valence-electron chi connectivity index (χ2n) is 4.29. The SMILES string of the molecule is CCCNC1(C#N)CCCC(OCC)C1. The Morgan fingerprint density at radius 3 is 2.93 bits per heavy atom. The van der Waals surface area contributed by atoms with Crippen molar-refractivity contribution in [2.45, 2.75) is 57.6 Å². The highest BCUT2D eigenvalue weighted by atomic mass is 16.5. The van der Waals surface area contributed by atoms with Crippen LogP contribution < -0.4 is 5.32 Å². The lowest BCUT2D eigenvalue weighted by atomic mass is 9.81. The summed E-state index contributed by atoms with van der Waals surface area (Å²) >= 11 is 0. The maximum atomic E-state index is 9.29. The molecule has 0 bridgehead atoms. The maximum Gasteiger partial charge on any atom is 0.109 e. The van der Waals surface area contributed by atoms with Crippen LogP contribution in [0.25, 0.3) is 0 Å². The van der Waals surface area contributed by atoms with Gasteiger partial charge in [0.05, 0.1) is 12.2 Å². The van der Waals surface area contributed by atoms with E-state index in [9.17, 15) is 5.26 Å². The number of nitrogens with one attached hydrogen (secondary N) is 1. The van der Waals surface area contributed by atoms with E-state index in [1.165, 1.54) is 0 Å². The average Bonchev–Trinajstić information content (AvgIpc) is 2.27. The van der Waals surface area contributed by atoms with Gasteiger partial charge in [-0.1, -0.05) is 6.92 Å². The minimum atomic E-state index is -0.325. The van der Waals surface area contributed by atoms with Gasteiger partial charge in [0, 0.05) is 13.0 Å². The predicted molar refractivity (Wildman–Crippen MR) is 60.5 cm³/mol. The molecule has 2 unspecified atom stereocenters. The second-order valence-corrected chi connectivity index (χ2v) is 4.29. The fraction of sp³-hybridized carbons (Fsp3) is 0.917. The first kappa shape index (κ1) is 12.5. The first-order valence-electron chi connectivity index (χ1n) is 6.04. The molecule has 0 saturated heterocycles. The monoisotopic (exact) mass is 210 g/mol. The van der Waals surface area contributed by atoms with Crippen LogP contribution in [0.1, 0.15) is 46.0 Å². The third kappa shape index (κ3) is 3.48. The minimum Gasteiger partial charge on any atom is -0.378 e. The zero-order valence-corrected chi connectivity index (χ0v) is 9.88. The van der Waals surface area contributed by atoms with Crippen LogP contribution >= 0.6 is 0 Å². The van der Waals surface area contributed by atoms with Crippen LogP contribution in [-0.2, 0) is 4.74 Å². The summed E-state index contributed by atoms with van der Waals surface area (Å²) < 4.78 is 5.63. The molecule has 0 aromatic carbocycles. The van der Waals surface area contributed by atoms with Crippen molar-refractivity contribution in [1.29, 1.82) is 5.26 Å². The van der Waals surface area contributed by atoms with Crippen molar-refractivity contribution in [3.8, 4) is 6.07 Å². The third-order valence-electron chi connectivity index (χ3n) is 3.04. The topological polar surface area (TPSA) is 45.0 Å². The summed E-state index contributed by atoms with van der Waals surface area (Å²) in [6, 6.07) is 2.45. The van der Waals surface area contributed by atoms with Crippen molar-refractivity contribution in [2.75, 3.05) is 13.2 Å². The van der Waals surface area contributed by atoms with E-state index < -0.39 is 0 Å². The lowest BCUT2D eigenvalue weighted by Crippen LogP contribution is -2.49. The van der Waals surface area contributed by atoms with Crippen molar-refractivity contribution in [2.24, 2.45) is 0 Å². The van der Waals surface area contributed by atoms with Crippen LogP contribution in [0.5, 0.6) is 0 Å². The molecule has 0 aromatic rings. The number of rotatable bonds is 5. The molecule has 1 N–H and O–H groups in total. The van der Waals surface area contributed by atoms with E-state index in [4.69, 9.17) is 4.74 Å². The molecule has 15 heavy (non-hydrogen) atoms. The summed E-state index contributed by atoms with van der Waals surface area (Å²) in [5.41, 5.74) is -0.325. The highest BCUT2D eigenvalue weighted by Crippen LogP contribution is 2.29. The van der Waals surface area contributed by atoms with Gasteiger partial charge in [0.1, 0.15) is 5.54 Å². The van der Waals surface area contributed by atoms with Crippen molar-refractivity contribution >= 4 is 0 Å². The van der Waals surface area contributed by atoms with Gasteiger partial charge in [-0.3, -0.25) is 5.32 Å². The molecule has 1 fully saturated rings. The van der Waals surface area contributed by atoms with E-state index in [1.54, 1.807) is 0 Å². The molecule has 3 nitrogen and oxygen atoms in total. The molecule has 0 radical (unpaired) electrons. The molecule has 2 atom stereocenters. The lowest BCUT2D eigenvalue weighted by Gasteiger charge is -2.36. The van der Waals surface area contributed by atoms with Crippen LogP contribution in [0.2, 0.25) is 0 Å². The van der Waals surface area contributed by atoms with E-state index >= 15 is 0 Å². The fourth-order valence-electron chi connectivity index (χ4n) is 2.27. The minimum absolute atomic E-state index is 0.271. The first-order valence-corrected chi connectivity index (χ1v) is 6.04. The van der Waals surface area contributed by atoms with Crippen molar-refractivity contribution in [3.05, 3.63) is 0 Å². The number of hydrogen-bond acceptors (Lipinski definition) is 3. The highest BCUT2D eigenvalue weighted by Gasteiger charge is 2.36. The molecule has 3 heteroatoms. The van der Waals surface area contributed by atoms with Crippen molar-refractivity contribution < 1.29 is 4.74 Å². The van der Waals surface area contributed by atoms with Crippen LogP contribution in [0.15, 0.2) is 0 Å². The van der Waals surface area contributed by atoms with Gasteiger partial charge in [0.25, 0.3) is 0 Å². The molecule has 86 valence electrons. The van der Waals surface area contributed by atoms with E-state index in [0.717, 1.165) is 45.3 Å². The first-order chi connectivity index (χ1) is 7.26. The Bertz CT molecular complexity index is 222. The molecule has 0 heterocycles. The summed E-state index contributed by atoms with van der Waals surface area (Å²) in [5.74, 6) is 0. The van der Waals surface area contributed by atoms with Crippen molar-refractivity contribution in [3.63, 3.8) is 0 Å². The van der Waals surface area contributed by atoms with Crippen LogP contribution in [0.3, 0.4) is 0 Å².